The molecule has 0 radical (unpaired) electrons. The molecule has 0 aliphatic carbocycles. The van der Waals surface area contributed by atoms with Crippen LogP contribution in [0.5, 0.6) is 0 Å². The minimum absolute atomic E-state index is 0.115. The van der Waals surface area contributed by atoms with Gasteiger partial charge in [-0.3, -0.25) is 0 Å². The third kappa shape index (κ3) is 4.83. The van der Waals surface area contributed by atoms with Crippen molar-refractivity contribution in [3.63, 3.8) is 0 Å². The Hall–Kier alpha value is -2.34. The van der Waals surface area contributed by atoms with Gasteiger partial charge in [0, 0.05) is 25.5 Å². The van der Waals surface area contributed by atoms with E-state index >= 15 is 0 Å². The summed E-state index contributed by atoms with van der Waals surface area (Å²) >= 11 is 0. The second-order valence-corrected chi connectivity index (χ2v) is 6.70. The van der Waals surface area contributed by atoms with Crippen molar-refractivity contribution in [3.05, 3.63) is 48.3 Å². The highest BCUT2D eigenvalue weighted by Crippen LogP contribution is 2.21. The first-order valence-electron chi connectivity index (χ1n) is 8.17. The normalized spacial score (nSPS) is 12.7. The molecule has 0 aliphatic heterocycles. The van der Waals surface area contributed by atoms with Crippen LogP contribution in [-0.4, -0.2) is 34.1 Å². The van der Waals surface area contributed by atoms with Crippen molar-refractivity contribution in [3.8, 4) is 5.69 Å². The third-order valence-electron chi connectivity index (χ3n) is 4.02. The van der Waals surface area contributed by atoms with Gasteiger partial charge >= 0.3 is 6.03 Å². The van der Waals surface area contributed by atoms with Gasteiger partial charge in [0.1, 0.15) is 0 Å². The monoisotopic (exact) mass is 330 g/mol. The molecule has 1 atom stereocenters. The van der Waals surface area contributed by atoms with Crippen LogP contribution in [0.3, 0.4) is 0 Å². The lowest BCUT2D eigenvalue weighted by Crippen LogP contribution is -2.42. The Kier molecular flexibility index (Phi) is 5.98. The van der Waals surface area contributed by atoms with Gasteiger partial charge in [-0.25, -0.2) is 9.48 Å². The van der Waals surface area contributed by atoms with Crippen LogP contribution < -0.4 is 10.6 Å². The van der Waals surface area contributed by atoms with E-state index in [2.05, 4.69) is 15.7 Å². The van der Waals surface area contributed by atoms with Gasteiger partial charge in [0.15, 0.2) is 0 Å². The van der Waals surface area contributed by atoms with Crippen LogP contribution in [0.2, 0.25) is 0 Å². The number of carbonyl (C=O) groups is 1. The van der Waals surface area contributed by atoms with E-state index in [4.69, 9.17) is 5.11 Å². The molecule has 24 heavy (non-hydrogen) atoms. The Morgan fingerprint density at radius 3 is 2.75 bits per heavy atom. The average Bonchev–Trinajstić information content (AvgIpc) is 3.07. The molecule has 2 amide bonds. The van der Waals surface area contributed by atoms with E-state index in [0.717, 1.165) is 11.3 Å². The van der Waals surface area contributed by atoms with Crippen LogP contribution in [0.4, 0.5) is 4.79 Å². The number of benzene rings is 1. The highest BCUT2D eigenvalue weighted by atomic mass is 16.3. The SMILES string of the molecule is CC(NC(=O)NCC(C)(C)CCO)c1ccccc1-n1cccn1. The molecule has 1 aromatic heterocycles. The molecule has 0 aliphatic rings. The molecular formula is C18H26N4O2. The van der Waals surface area contributed by atoms with Crippen molar-refractivity contribution in [1.82, 2.24) is 20.4 Å². The Labute approximate surface area is 142 Å². The predicted molar refractivity (Wildman–Crippen MR) is 94.0 cm³/mol. The molecule has 0 bridgehead atoms. The van der Waals surface area contributed by atoms with E-state index in [9.17, 15) is 4.79 Å². The minimum Gasteiger partial charge on any atom is -0.396 e. The van der Waals surface area contributed by atoms with Crippen LogP contribution in [0.1, 0.15) is 38.8 Å². The number of para-hydroxylation sites is 1. The molecule has 1 aromatic carbocycles. The zero-order valence-corrected chi connectivity index (χ0v) is 14.5. The minimum atomic E-state index is -0.219. The van der Waals surface area contributed by atoms with E-state index in [-0.39, 0.29) is 24.1 Å². The van der Waals surface area contributed by atoms with Crippen LogP contribution in [0.15, 0.2) is 42.7 Å². The van der Waals surface area contributed by atoms with Gasteiger partial charge in [-0.15, -0.1) is 0 Å². The number of aliphatic hydroxyl groups is 1. The van der Waals surface area contributed by atoms with Crippen LogP contribution in [0.25, 0.3) is 5.69 Å². The number of hydrogen-bond acceptors (Lipinski definition) is 3. The van der Waals surface area contributed by atoms with Gasteiger partial charge in [-0.05, 0) is 36.5 Å². The fourth-order valence-corrected chi connectivity index (χ4v) is 2.51. The number of hydrogen-bond donors (Lipinski definition) is 3. The lowest BCUT2D eigenvalue weighted by Gasteiger charge is -2.25. The number of nitrogens with one attached hydrogen (secondary N) is 2. The van der Waals surface area contributed by atoms with Crippen molar-refractivity contribution in [2.24, 2.45) is 5.41 Å². The first kappa shape index (κ1) is 18.0. The van der Waals surface area contributed by atoms with Crippen molar-refractivity contribution in [2.75, 3.05) is 13.2 Å². The topological polar surface area (TPSA) is 79.2 Å². The molecular weight excluding hydrogens is 304 g/mol. The van der Waals surface area contributed by atoms with Crippen molar-refractivity contribution < 1.29 is 9.90 Å². The third-order valence-corrected chi connectivity index (χ3v) is 4.02. The second kappa shape index (κ2) is 7.97. The molecule has 6 nitrogen and oxygen atoms in total. The summed E-state index contributed by atoms with van der Waals surface area (Å²) in [5.41, 5.74) is 1.80. The summed E-state index contributed by atoms with van der Waals surface area (Å²) in [4.78, 5) is 12.2. The molecule has 1 unspecified atom stereocenters. The highest BCUT2D eigenvalue weighted by molar-refractivity contribution is 5.74. The lowest BCUT2D eigenvalue weighted by atomic mass is 9.90. The van der Waals surface area contributed by atoms with Crippen LogP contribution in [-0.2, 0) is 0 Å². The van der Waals surface area contributed by atoms with Gasteiger partial charge in [-0.1, -0.05) is 32.0 Å². The summed E-state index contributed by atoms with van der Waals surface area (Å²) in [5.74, 6) is 0. The molecule has 2 aromatic rings. The Morgan fingerprint density at radius 2 is 2.08 bits per heavy atom. The Morgan fingerprint density at radius 1 is 1.33 bits per heavy atom. The number of amides is 2. The largest absolute Gasteiger partial charge is 0.396 e. The number of urea groups is 1. The van der Waals surface area contributed by atoms with Crippen LogP contribution in [0, 0.1) is 5.41 Å². The Balaban J connectivity index is 2.00. The number of carbonyl (C=O) groups excluding carboxylic acids is 1. The second-order valence-electron chi connectivity index (χ2n) is 6.70. The van der Waals surface area contributed by atoms with Crippen molar-refractivity contribution >= 4 is 6.03 Å². The van der Waals surface area contributed by atoms with Crippen LogP contribution >= 0.6 is 0 Å². The van der Waals surface area contributed by atoms with Crippen molar-refractivity contribution in [2.45, 2.75) is 33.2 Å². The van der Waals surface area contributed by atoms with Gasteiger partial charge in [0.2, 0.25) is 0 Å². The molecule has 0 spiro atoms. The first-order valence-corrected chi connectivity index (χ1v) is 8.17. The first-order chi connectivity index (χ1) is 11.4. The summed E-state index contributed by atoms with van der Waals surface area (Å²) in [6.45, 7) is 6.59. The van der Waals surface area contributed by atoms with Gasteiger partial charge in [0.25, 0.3) is 0 Å². The van der Waals surface area contributed by atoms with E-state index < -0.39 is 0 Å². The lowest BCUT2D eigenvalue weighted by molar-refractivity contribution is 0.200. The zero-order valence-electron chi connectivity index (χ0n) is 14.5. The van der Waals surface area contributed by atoms with Crippen molar-refractivity contribution in [1.29, 1.82) is 0 Å². The number of rotatable bonds is 7. The molecule has 130 valence electrons. The van der Waals surface area contributed by atoms with Gasteiger partial charge < -0.3 is 15.7 Å². The Bertz CT molecular complexity index is 653. The average molecular weight is 330 g/mol. The zero-order chi connectivity index (χ0) is 17.6. The predicted octanol–water partition coefficient (Wildman–Crippen LogP) is 2.64. The van der Waals surface area contributed by atoms with E-state index in [0.29, 0.717) is 13.0 Å². The molecule has 3 N–H and O–H groups in total. The molecule has 0 saturated heterocycles. The van der Waals surface area contributed by atoms with Gasteiger partial charge in [0.05, 0.1) is 11.7 Å². The molecule has 0 fully saturated rings. The highest BCUT2D eigenvalue weighted by Gasteiger charge is 2.19. The molecule has 2 rings (SSSR count). The maximum atomic E-state index is 12.2. The summed E-state index contributed by atoms with van der Waals surface area (Å²) < 4.78 is 1.79. The number of aliphatic hydroxyl groups excluding tert-OH is 1. The molecule has 6 heteroatoms. The number of nitrogens with zero attached hydrogens (tertiary/aromatic N) is 2. The quantitative estimate of drug-likeness (QED) is 0.730. The fourth-order valence-electron chi connectivity index (χ4n) is 2.51. The smallest absolute Gasteiger partial charge is 0.315 e. The summed E-state index contributed by atoms with van der Waals surface area (Å²) in [6.07, 6.45) is 4.25. The van der Waals surface area contributed by atoms with Gasteiger partial charge in [-0.2, -0.15) is 5.10 Å². The van der Waals surface area contributed by atoms with E-state index in [1.54, 1.807) is 10.9 Å². The fraction of sp³-hybridized carbons (Fsp3) is 0.444. The molecule has 0 saturated carbocycles. The summed E-state index contributed by atoms with van der Waals surface area (Å²) in [6, 6.07) is 9.34. The maximum absolute atomic E-state index is 12.2. The maximum Gasteiger partial charge on any atom is 0.315 e. The summed E-state index contributed by atoms with van der Waals surface area (Å²) in [5, 5.41) is 19.1. The van der Waals surface area contributed by atoms with E-state index in [1.807, 2.05) is 57.3 Å². The molecule has 1 heterocycles. The van der Waals surface area contributed by atoms with E-state index in [1.165, 1.54) is 0 Å². The standard InChI is InChI=1S/C18H26N4O2/c1-14(21-17(24)19-13-18(2,3)9-12-23)15-7-4-5-8-16(15)22-11-6-10-20-22/h4-8,10-11,14,23H,9,12-13H2,1-3H3,(H2,19,21,24). The number of aromatic nitrogens is 2. The summed E-state index contributed by atoms with van der Waals surface area (Å²) in [7, 11) is 0.